The fourth-order valence-electron chi connectivity index (χ4n) is 3.31. The molecule has 0 unspecified atom stereocenters. The van der Waals surface area contributed by atoms with Crippen LogP contribution in [0.2, 0.25) is 0 Å². The number of aromatic nitrogens is 1. The van der Waals surface area contributed by atoms with E-state index in [1.165, 1.54) is 12.8 Å². The predicted octanol–water partition coefficient (Wildman–Crippen LogP) is 3.26. The lowest BCUT2D eigenvalue weighted by molar-refractivity contribution is -0.119. The normalized spacial score (nSPS) is 19.4. The van der Waals surface area contributed by atoms with E-state index in [0.29, 0.717) is 0 Å². The number of carbonyl (C=O) groups is 1. The van der Waals surface area contributed by atoms with Crippen molar-refractivity contribution >= 4 is 38.3 Å². The Bertz CT molecular complexity index is 703. The average molecular weight is 331 g/mol. The maximum atomic E-state index is 12.3. The van der Waals surface area contributed by atoms with Crippen LogP contribution in [-0.2, 0) is 9.53 Å². The highest BCUT2D eigenvalue weighted by Gasteiger charge is 2.23. The Morgan fingerprint density at radius 1 is 1.26 bits per heavy atom. The van der Waals surface area contributed by atoms with Crippen molar-refractivity contribution in [3.8, 4) is 0 Å². The van der Waals surface area contributed by atoms with Crippen LogP contribution in [0.4, 0.5) is 10.8 Å². The van der Waals surface area contributed by atoms with Gasteiger partial charge in [0.1, 0.15) is 0 Å². The maximum absolute atomic E-state index is 12.3. The monoisotopic (exact) mass is 331 g/mol. The number of fused-ring (bicyclic) bond motifs is 1. The van der Waals surface area contributed by atoms with Gasteiger partial charge in [0.25, 0.3) is 0 Å². The van der Waals surface area contributed by atoms with Crippen LogP contribution in [0.25, 0.3) is 10.2 Å². The van der Waals surface area contributed by atoms with Crippen molar-refractivity contribution in [2.24, 2.45) is 5.92 Å². The molecule has 0 atom stereocenters. The number of hydrogen-bond acceptors (Lipinski definition) is 5. The summed E-state index contributed by atoms with van der Waals surface area (Å²) in [4.78, 5) is 19.2. The molecule has 1 amide bonds. The van der Waals surface area contributed by atoms with Crippen molar-refractivity contribution in [2.45, 2.75) is 25.7 Å². The zero-order valence-corrected chi connectivity index (χ0v) is 13.9. The van der Waals surface area contributed by atoms with Gasteiger partial charge in [0, 0.05) is 24.7 Å². The molecule has 1 saturated carbocycles. The van der Waals surface area contributed by atoms with Crippen LogP contribution in [0.3, 0.4) is 0 Å². The molecule has 0 spiro atoms. The number of nitrogens with zero attached hydrogens (tertiary/aromatic N) is 2. The van der Waals surface area contributed by atoms with Gasteiger partial charge in [0.2, 0.25) is 5.91 Å². The molecule has 2 aliphatic rings. The first kappa shape index (κ1) is 14.9. The minimum Gasteiger partial charge on any atom is -0.378 e. The topological polar surface area (TPSA) is 54.5 Å². The summed E-state index contributed by atoms with van der Waals surface area (Å²) in [5, 5.41) is 4.12. The second-order valence-corrected chi connectivity index (χ2v) is 7.26. The number of ether oxygens (including phenoxy) is 1. The van der Waals surface area contributed by atoms with E-state index in [0.717, 1.165) is 60.2 Å². The molecule has 0 radical (unpaired) electrons. The molecule has 2 aromatic rings. The molecule has 2 heterocycles. The molecule has 5 nitrogen and oxygen atoms in total. The standard InChI is InChI=1S/C17H21N3O2S/c21-16(12-3-1-2-4-12)18-13-5-6-14-15(11-13)23-17(19-14)20-7-9-22-10-8-20/h5-6,11-12H,1-4,7-10H2,(H,18,21). The van der Waals surface area contributed by atoms with E-state index in [4.69, 9.17) is 9.72 Å². The molecule has 23 heavy (non-hydrogen) atoms. The Kier molecular flexibility index (Phi) is 4.18. The van der Waals surface area contributed by atoms with Crippen LogP contribution in [0, 0.1) is 5.92 Å². The highest BCUT2D eigenvalue weighted by molar-refractivity contribution is 7.22. The summed E-state index contributed by atoms with van der Waals surface area (Å²) in [6, 6.07) is 6.00. The third-order valence-corrected chi connectivity index (χ3v) is 5.73. The van der Waals surface area contributed by atoms with Gasteiger partial charge in [-0.05, 0) is 31.0 Å². The Balaban J connectivity index is 1.51. The summed E-state index contributed by atoms with van der Waals surface area (Å²) in [5.41, 5.74) is 1.88. The number of rotatable bonds is 3. The van der Waals surface area contributed by atoms with Gasteiger partial charge in [-0.1, -0.05) is 24.2 Å². The Labute approximate surface area is 139 Å². The third kappa shape index (κ3) is 3.19. The van der Waals surface area contributed by atoms with Gasteiger partial charge < -0.3 is 15.0 Å². The van der Waals surface area contributed by atoms with Crippen molar-refractivity contribution in [1.82, 2.24) is 4.98 Å². The van der Waals surface area contributed by atoms with Gasteiger partial charge >= 0.3 is 0 Å². The molecule has 1 aromatic heterocycles. The summed E-state index contributed by atoms with van der Waals surface area (Å²) < 4.78 is 6.52. The van der Waals surface area contributed by atoms with Crippen molar-refractivity contribution in [2.75, 3.05) is 36.5 Å². The van der Waals surface area contributed by atoms with Gasteiger partial charge in [0.05, 0.1) is 23.4 Å². The first-order valence-electron chi connectivity index (χ1n) is 8.34. The van der Waals surface area contributed by atoms with Gasteiger partial charge in [-0.15, -0.1) is 0 Å². The quantitative estimate of drug-likeness (QED) is 0.938. The van der Waals surface area contributed by atoms with Crippen LogP contribution in [0.15, 0.2) is 18.2 Å². The van der Waals surface area contributed by atoms with E-state index in [2.05, 4.69) is 10.2 Å². The van der Waals surface area contributed by atoms with Crippen molar-refractivity contribution in [3.05, 3.63) is 18.2 Å². The summed E-state index contributed by atoms with van der Waals surface area (Å²) in [6.45, 7) is 3.31. The van der Waals surface area contributed by atoms with Crippen molar-refractivity contribution in [1.29, 1.82) is 0 Å². The van der Waals surface area contributed by atoms with Crippen LogP contribution in [-0.4, -0.2) is 37.2 Å². The van der Waals surface area contributed by atoms with E-state index >= 15 is 0 Å². The van der Waals surface area contributed by atoms with E-state index in [1.807, 2.05) is 18.2 Å². The Morgan fingerprint density at radius 3 is 2.83 bits per heavy atom. The Hall–Kier alpha value is -1.66. The van der Waals surface area contributed by atoms with Gasteiger partial charge in [-0.3, -0.25) is 4.79 Å². The lowest BCUT2D eigenvalue weighted by atomic mass is 10.1. The average Bonchev–Trinajstić information content (AvgIpc) is 3.25. The number of thiazole rings is 1. The molecular weight excluding hydrogens is 310 g/mol. The second kappa shape index (κ2) is 6.45. The van der Waals surface area contributed by atoms with Crippen LogP contribution >= 0.6 is 11.3 Å². The number of nitrogens with one attached hydrogen (secondary N) is 1. The van der Waals surface area contributed by atoms with Crippen LogP contribution in [0.1, 0.15) is 25.7 Å². The molecule has 4 rings (SSSR count). The van der Waals surface area contributed by atoms with Gasteiger partial charge in [0.15, 0.2) is 5.13 Å². The number of benzene rings is 1. The number of carbonyl (C=O) groups excluding carboxylic acids is 1. The number of morpholine rings is 1. The van der Waals surface area contributed by atoms with Gasteiger partial charge in [-0.2, -0.15) is 0 Å². The lowest BCUT2D eigenvalue weighted by Crippen LogP contribution is -2.36. The Morgan fingerprint density at radius 2 is 2.04 bits per heavy atom. The number of hydrogen-bond donors (Lipinski definition) is 1. The maximum Gasteiger partial charge on any atom is 0.227 e. The summed E-state index contributed by atoms with van der Waals surface area (Å²) in [5.74, 6) is 0.357. The zero-order chi connectivity index (χ0) is 15.6. The van der Waals surface area contributed by atoms with Crippen LogP contribution < -0.4 is 10.2 Å². The molecule has 1 N–H and O–H groups in total. The first-order chi connectivity index (χ1) is 11.3. The second-order valence-electron chi connectivity index (χ2n) is 6.25. The molecule has 1 aliphatic heterocycles. The molecule has 6 heteroatoms. The van der Waals surface area contributed by atoms with E-state index in [1.54, 1.807) is 11.3 Å². The van der Waals surface area contributed by atoms with Crippen molar-refractivity contribution in [3.63, 3.8) is 0 Å². The van der Waals surface area contributed by atoms with Gasteiger partial charge in [-0.25, -0.2) is 4.98 Å². The fraction of sp³-hybridized carbons (Fsp3) is 0.529. The smallest absolute Gasteiger partial charge is 0.227 e. The van der Waals surface area contributed by atoms with E-state index in [-0.39, 0.29) is 11.8 Å². The fourth-order valence-corrected chi connectivity index (χ4v) is 4.37. The lowest BCUT2D eigenvalue weighted by Gasteiger charge is -2.25. The van der Waals surface area contributed by atoms with E-state index in [9.17, 15) is 4.79 Å². The SMILES string of the molecule is O=C(Nc1ccc2nc(N3CCOCC3)sc2c1)C1CCCC1. The predicted molar refractivity (Wildman–Crippen MR) is 93.2 cm³/mol. The zero-order valence-electron chi connectivity index (χ0n) is 13.1. The number of anilines is 2. The molecule has 0 bridgehead atoms. The molecule has 1 saturated heterocycles. The molecule has 1 aromatic carbocycles. The molecule has 2 fully saturated rings. The highest BCUT2D eigenvalue weighted by Crippen LogP contribution is 2.32. The molecule has 1 aliphatic carbocycles. The molecular formula is C17H21N3O2S. The van der Waals surface area contributed by atoms with Crippen molar-refractivity contribution < 1.29 is 9.53 Å². The molecule has 122 valence electrons. The summed E-state index contributed by atoms with van der Waals surface area (Å²) >= 11 is 1.69. The minimum absolute atomic E-state index is 0.166. The summed E-state index contributed by atoms with van der Waals surface area (Å²) in [7, 11) is 0. The first-order valence-corrected chi connectivity index (χ1v) is 9.15. The summed E-state index contributed by atoms with van der Waals surface area (Å²) in [6.07, 6.45) is 4.40. The number of amides is 1. The minimum atomic E-state index is 0.166. The third-order valence-electron chi connectivity index (χ3n) is 4.65. The van der Waals surface area contributed by atoms with Crippen LogP contribution in [0.5, 0.6) is 0 Å². The van der Waals surface area contributed by atoms with E-state index < -0.39 is 0 Å². The highest BCUT2D eigenvalue weighted by atomic mass is 32.1. The largest absolute Gasteiger partial charge is 0.378 e.